The van der Waals surface area contributed by atoms with E-state index in [2.05, 4.69) is 10.3 Å². The Morgan fingerprint density at radius 3 is 2.52 bits per heavy atom. The topological polar surface area (TPSA) is 68.3 Å². The van der Waals surface area contributed by atoms with Gasteiger partial charge in [-0.1, -0.05) is 11.8 Å². The normalized spacial score (nSPS) is 32.3. The average molecular weight is 409 g/mol. The molecule has 4 aliphatic carbocycles. The molecule has 7 heteroatoms. The van der Waals surface area contributed by atoms with Crippen molar-refractivity contribution in [3.05, 3.63) is 11.1 Å². The van der Waals surface area contributed by atoms with Gasteiger partial charge in [0.15, 0.2) is 4.34 Å². The molecule has 1 N–H and O–H groups in total. The Morgan fingerprint density at radius 2 is 1.93 bits per heavy atom. The van der Waals surface area contributed by atoms with Crippen LogP contribution in [0.3, 0.4) is 0 Å². The molecule has 4 aliphatic rings. The highest BCUT2D eigenvalue weighted by Gasteiger charge is 2.51. The van der Waals surface area contributed by atoms with Crippen molar-refractivity contribution >= 4 is 35.0 Å². The second-order valence-electron chi connectivity index (χ2n) is 8.53. The molecular weight excluding hydrogens is 380 g/mol. The van der Waals surface area contributed by atoms with E-state index in [0.717, 1.165) is 27.8 Å². The summed E-state index contributed by atoms with van der Waals surface area (Å²) in [4.78, 5) is 28.9. The van der Waals surface area contributed by atoms with Crippen LogP contribution >= 0.6 is 23.1 Å². The van der Waals surface area contributed by atoms with E-state index in [1.807, 2.05) is 12.3 Å². The van der Waals surface area contributed by atoms with Crippen LogP contribution in [-0.4, -0.2) is 34.3 Å². The summed E-state index contributed by atoms with van der Waals surface area (Å²) < 4.78 is 5.80. The molecule has 0 aromatic carbocycles. The van der Waals surface area contributed by atoms with Crippen LogP contribution in [0.5, 0.6) is 0 Å². The van der Waals surface area contributed by atoms with Crippen molar-refractivity contribution in [2.24, 2.45) is 17.8 Å². The van der Waals surface area contributed by atoms with Crippen molar-refractivity contribution in [1.82, 2.24) is 10.3 Å². The van der Waals surface area contributed by atoms with Gasteiger partial charge in [0.1, 0.15) is 0 Å². The number of rotatable bonds is 7. The lowest BCUT2D eigenvalue weighted by Gasteiger charge is -2.57. The van der Waals surface area contributed by atoms with Gasteiger partial charge in [-0.05, 0) is 70.1 Å². The quantitative estimate of drug-likeness (QED) is 0.549. The summed E-state index contributed by atoms with van der Waals surface area (Å²) in [6.07, 6.45) is 7.83. The zero-order valence-corrected chi connectivity index (χ0v) is 17.7. The molecule has 0 unspecified atom stereocenters. The van der Waals surface area contributed by atoms with E-state index in [-0.39, 0.29) is 29.1 Å². The first kappa shape index (κ1) is 19.2. The molecule has 1 aromatic rings. The van der Waals surface area contributed by atoms with Crippen molar-refractivity contribution in [2.75, 3.05) is 6.61 Å². The second-order valence-corrected chi connectivity index (χ2v) is 11.0. The summed E-state index contributed by atoms with van der Waals surface area (Å²) in [6.45, 7) is 4.13. The number of esters is 1. The number of aromatic nitrogens is 1. The third-order valence-corrected chi connectivity index (χ3v) is 8.36. The molecule has 4 saturated carbocycles. The molecule has 0 aliphatic heterocycles. The summed E-state index contributed by atoms with van der Waals surface area (Å²) >= 11 is 2.97. The monoisotopic (exact) mass is 408 g/mol. The Balaban J connectivity index is 1.32. The Labute approximate surface area is 169 Å². The lowest BCUT2D eigenvalue weighted by molar-refractivity contribution is -0.142. The minimum atomic E-state index is -0.257. The third-order valence-electron chi connectivity index (χ3n) is 6.23. The zero-order chi connectivity index (χ0) is 19.0. The summed E-state index contributed by atoms with van der Waals surface area (Å²) in [5.41, 5.74) is 0.771. The Bertz CT molecular complexity index is 683. The van der Waals surface area contributed by atoms with Gasteiger partial charge >= 0.3 is 5.97 Å². The van der Waals surface area contributed by atoms with E-state index in [1.54, 1.807) is 6.92 Å². The van der Waals surface area contributed by atoms with Crippen LogP contribution in [0.4, 0.5) is 0 Å². The molecule has 5 rings (SSSR count). The molecule has 1 aromatic heterocycles. The van der Waals surface area contributed by atoms with Crippen molar-refractivity contribution in [3.8, 4) is 0 Å². The van der Waals surface area contributed by atoms with Crippen LogP contribution in [0.25, 0.3) is 0 Å². The number of thiazole rings is 1. The number of carbonyl (C=O) groups excluding carboxylic acids is 2. The van der Waals surface area contributed by atoms with Crippen LogP contribution in [0.15, 0.2) is 9.72 Å². The molecular formula is C20H28N2O3S2. The second kappa shape index (κ2) is 7.74. The molecule has 1 amide bonds. The van der Waals surface area contributed by atoms with Gasteiger partial charge in [-0.15, -0.1) is 11.3 Å². The number of thioether (sulfide) groups is 1. The van der Waals surface area contributed by atoms with Gasteiger partial charge in [0.05, 0.1) is 24.0 Å². The van der Waals surface area contributed by atoms with Crippen molar-refractivity contribution in [2.45, 2.75) is 73.9 Å². The summed E-state index contributed by atoms with van der Waals surface area (Å²) in [6, 6.07) is 0. The first-order valence-corrected chi connectivity index (χ1v) is 11.8. The van der Waals surface area contributed by atoms with E-state index in [0.29, 0.717) is 6.61 Å². The van der Waals surface area contributed by atoms with Gasteiger partial charge in [-0.3, -0.25) is 9.59 Å². The molecule has 27 heavy (non-hydrogen) atoms. The predicted molar refractivity (Wildman–Crippen MR) is 107 cm³/mol. The fourth-order valence-electron chi connectivity index (χ4n) is 5.62. The maximum absolute atomic E-state index is 12.9. The van der Waals surface area contributed by atoms with Crippen LogP contribution in [0.1, 0.15) is 58.1 Å². The molecule has 4 bridgehead atoms. The fourth-order valence-corrected chi connectivity index (χ4v) is 7.60. The highest BCUT2D eigenvalue weighted by molar-refractivity contribution is 8.02. The van der Waals surface area contributed by atoms with Crippen molar-refractivity contribution < 1.29 is 14.3 Å². The van der Waals surface area contributed by atoms with Gasteiger partial charge < -0.3 is 10.1 Å². The van der Waals surface area contributed by atoms with Crippen LogP contribution in [-0.2, 0) is 20.7 Å². The lowest BCUT2D eigenvalue weighted by atomic mass is 9.53. The van der Waals surface area contributed by atoms with Gasteiger partial charge in [-0.2, -0.15) is 0 Å². The molecule has 1 heterocycles. The highest BCUT2D eigenvalue weighted by Crippen LogP contribution is 2.55. The van der Waals surface area contributed by atoms with E-state index < -0.39 is 0 Å². The highest BCUT2D eigenvalue weighted by atomic mass is 32.2. The summed E-state index contributed by atoms with van der Waals surface area (Å²) in [5, 5.41) is 5.14. The number of amides is 1. The van der Waals surface area contributed by atoms with E-state index in [1.165, 1.54) is 61.6 Å². The minimum absolute atomic E-state index is 0.0542. The van der Waals surface area contributed by atoms with Crippen LogP contribution in [0, 0.1) is 17.8 Å². The van der Waals surface area contributed by atoms with Crippen molar-refractivity contribution in [1.29, 1.82) is 0 Å². The Kier molecular flexibility index (Phi) is 5.52. The maximum Gasteiger partial charge on any atom is 0.311 e. The van der Waals surface area contributed by atoms with E-state index in [4.69, 9.17) is 4.74 Å². The van der Waals surface area contributed by atoms with Crippen molar-refractivity contribution in [3.63, 3.8) is 0 Å². The van der Waals surface area contributed by atoms with Gasteiger partial charge in [0, 0.05) is 10.9 Å². The maximum atomic E-state index is 12.9. The predicted octanol–water partition coefficient (Wildman–Crippen LogP) is 3.81. The molecule has 148 valence electrons. The molecule has 5 nitrogen and oxygen atoms in total. The third kappa shape index (κ3) is 4.34. The Morgan fingerprint density at radius 1 is 1.30 bits per heavy atom. The van der Waals surface area contributed by atoms with Gasteiger partial charge in [0.2, 0.25) is 5.91 Å². The number of nitrogens with zero attached hydrogens (tertiary/aromatic N) is 1. The van der Waals surface area contributed by atoms with Crippen LogP contribution in [0.2, 0.25) is 0 Å². The number of carbonyl (C=O) groups is 2. The first-order valence-electron chi connectivity index (χ1n) is 10.0. The zero-order valence-electron chi connectivity index (χ0n) is 16.0. The number of hydrogen-bond donors (Lipinski definition) is 1. The average Bonchev–Trinajstić information content (AvgIpc) is 3.00. The standard InChI is InChI=1S/C20H28N2O3S2/c1-3-25-17(23)7-16-11-26-19(21-16)27-12(2)18(24)22-20-8-13-4-14(9-20)6-15(5-13)10-20/h11-15H,3-10H2,1-2H3,(H,22,24)/t12-,13?,14?,15?,20?/m1/s1. The number of ether oxygens (including phenoxy) is 1. The van der Waals surface area contributed by atoms with Gasteiger partial charge in [0.25, 0.3) is 0 Å². The molecule has 0 spiro atoms. The summed E-state index contributed by atoms with van der Waals surface area (Å²) in [7, 11) is 0. The molecule has 0 radical (unpaired) electrons. The van der Waals surface area contributed by atoms with E-state index >= 15 is 0 Å². The van der Waals surface area contributed by atoms with E-state index in [9.17, 15) is 9.59 Å². The first-order chi connectivity index (χ1) is 12.9. The number of nitrogens with one attached hydrogen (secondary N) is 1. The SMILES string of the molecule is CCOC(=O)Cc1csc(S[C@H](C)C(=O)NC23CC4CC(CC(C4)C2)C3)n1. The molecule has 4 fully saturated rings. The van der Waals surface area contributed by atoms with Crippen LogP contribution < -0.4 is 5.32 Å². The lowest BCUT2D eigenvalue weighted by Crippen LogP contribution is -2.60. The van der Waals surface area contributed by atoms with Gasteiger partial charge in [-0.25, -0.2) is 4.98 Å². The molecule has 0 saturated heterocycles. The smallest absolute Gasteiger partial charge is 0.311 e. The molecule has 1 atom stereocenters. The summed E-state index contributed by atoms with van der Waals surface area (Å²) in [5.74, 6) is 2.34. The largest absolute Gasteiger partial charge is 0.466 e. The number of hydrogen-bond acceptors (Lipinski definition) is 6. The Hall–Kier alpha value is -1.08. The fraction of sp³-hybridized carbons (Fsp3) is 0.750. The minimum Gasteiger partial charge on any atom is -0.466 e.